The number of para-hydroxylation sites is 1. The lowest BCUT2D eigenvalue weighted by atomic mass is 10.1. The number of hydrogen-bond donors (Lipinski definition) is 2. The fraction of sp³-hybridized carbons (Fsp3) is 0.158. The number of anilines is 1. The van der Waals surface area contributed by atoms with Gasteiger partial charge in [0.2, 0.25) is 5.91 Å². The monoisotopic (exact) mass is 351 g/mol. The maximum absolute atomic E-state index is 12.4. The number of carbonyl (C=O) groups excluding carboxylic acids is 2. The Morgan fingerprint density at radius 2 is 1.73 bits per heavy atom. The first kappa shape index (κ1) is 17.3. The van der Waals surface area contributed by atoms with Crippen LogP contribution in [-0.2, 0) is 11.3 Å². The van der Waals surface area contributed by atoms with Gasteiger partial charge in [0.1, 0.15) is 0 Å². The number of hydrogen-bond acceptors (Lipinski definition) is 4. The van der Waals surface area contributed by atoms with Gasteiger partial charge in [-0.2, -0.15) is 0 Å². The van der Waals surface area contributed by atoms with E-state index >= 15 is 0 Å². The molecule has 0 atom stereocenters. The molecule has 132 valence electrons. The summed E-state index contributed by atoms with van der Waals surface area (Å²) in [5, 5.41) is 3.07. The first-order valence-electron chi connectivity index (χ1n) is 8.08. The van der Waals surface area contributed by atoms with E-state index in [0.29, 0.717) is 22.2 Å². The topological polar surface area (TPSA) is 101 Å². The SMILES string of the molecule is CC(=O)c1ccc(NC(=O)CCn2c(=O)[nH]c3ccccc3c2=O)cc1. The second kappa shape index (κ2) is 7.18. The summed E-state index contributed by atoms with van der Waals surface area (Å²) in [5.74, 6) is -0.391. The highest BCUT2D eigenvalue weighted by Gasteiger charge is 2.10. The van der Waals surface area contributed by atoms with Crippen molar-refractivity contribution in [3.8, 4) is 0 Å². The van der Waals surface area contributed by atoms with Gasteiger partial charge in [-0.1, -0.05) is 12.1 Å². The van der Waals surface area contributed by atoms with Crippen molar-refractivity contribution in [1.82, 2.24) is 9.55 Å². The predicted octanol–water partition coefficient (Wildman–Crippen LogP) is 1.92. The summed E-state index contributed by atoms with van der Waals surface area (Å²) in [6.45, 7) is 1.43. The molecule has 0 fully saturated rings. The highest BCUT2D eigenvalue weighted by atomic mass is 16.2. The molecule has 0 unspecified atom stereocenters. The predicted molar refractivity (Wildman–Crippen MR) is 98.5 cm³/mol. The van der Waals surface area contributed by atoms with Gasteiger partial charge in [0.05, 0.1) is 10.9 Å². The van der Waals surface area contributed by atoms with Gasteiger partial charge in [0, 0.05) is 24.2 Å². The zero-order valence-corrected chi connectivity index (χ0v) is 14.1. The molecule has 0 spiro atoms. The number of aromatic amines is 1. The van der Waals surface area contributed by atoms with Crippen LogP contribution in [0.2, 0.25) is 0 Å². The molecule has 0 aliphatic rings. The number of H-pyrrole nitrogens is 1. The molecule has 0 saturated heterocycles. The molecule has 1 aromatic heterocycles. The van der Waals surface area contributed by atoms with E-state index in [1.807, 2.05) is 0 Å². The summed E-state index contributed by atoms with van der Waals surface area (Å²) < 4.78 is 1.01. The van der Waals surface area contributed by atoms with Crippen molar-refractivity contribution >= 4 is 28.3 Å². The van der Waals surface area contributed by atoms with Crippen molar-refractivity contribution in [2.75, 3.05) is 5.32 Å². The van der Waals surface area contributed by atoms with E-state index in [-0.39, 0.29) is 24.7 Å². The molecule has 0 aliphatic carbocycles. The lowest BCUT2D eigenvalue weighted by molar-refractivity contribution is -0.116. The zero-order chi connectivity index (χ0) is 18.7. The molecule has 7 heteroatoms. The van der Waals surface area contributed by atoms with Gasteiger partial charge in [-0.05, 0) is 43.3 Å². The molecule has 3 aromatic rings. The van der Waals surface area contributed by atoms with Gasteiger partial charge in [-0.3, -0.25) is 19.0 Å². The van der Waals surface area contributed by atoms with Crippen molar-refractivity contribution in [3.05, 3.63) is 74.9 Å². The average molecular weight is 351 g/mol. The second-order valence-electron chi connectivity index (χ2n) is 5.86. The van der Waals surface area contributed by atoms with Crippen LogP contribution in [0.15, 0.2) is 58.1 Å². The zero-order valence-electron chi connectivity index (χ0n) is 14.1. The summed E-state index contributed by atoms with van der Waals surface area (Å²) in [5.41, 5.74) is 0.584. The molecule has 0 saturated carbocycles. The van der Waals surface area contributed by atoms with Crippen LogP contribution in [0.1, 0.15) is 23.7 Å². The molecule has 3 rings (SSSR count). The quantitative estimate of drug-likeness (QED) is 0.686. The van der Waals surface area contributed by atoms with Gasteiger partial charge in [-0.15, -0.1) is 0 Å². The Balaban J connectivity index is 1.72. The molecule has 1 amide bonds. The highest BCUT2D eigenvalue weighted by Crippen LogP contribution is 2.10. The third-order valence-electron chi connectivity index (χ3n) is 4.03. The summed E-state index contributed by atoms with van der Waals surface area (Å²) in [4.78, 5) is 50.4. The van der Waals surface area contributed by atoms with Gasteiger partial charge in [-0.25, -0.2) is 4.79 Å². The molecule has 1 heterocycles. The largest absolute Gasteiger partial charge is 0.328 e. The fourth-order valence-electron chi connectivity index (χ4n) is 2.63. The third-order valence-corrected chi connectivity index (χ3v) is 4.03. The molecule has 0 aliphatic heterocycles. The Hall–Kier alpha value is -3.48. The van der Waals surface area contributed by atoms with Gasteiger partial charge in [0.25, 0.3) is 5.56 Å². The first-order valence-corrected chi connectivity index (χ1v) is 8.08. The molecular weight excluding hydrogens is 334 g/mol. The minimum Gasteiger partial charge on any atom is -0.326 e. The van der Waals surface area contributed by atoms with Crippen LogP contribution >= 0.6 is 0 Å². The van der Waals surface area contributed by atoms with Gasteiger partial charge >= 0.3 is 5.69 Å². The lowest BCUT2D eigenvalue weighted by Crippen LogP contribution is -2.36. The third kappa shape index (κ3) is 3.61. The van der Waals surface area contributed by atoms with Crippen LogP contribution in [0.5, 0.6) is 0 Å². The Bertz CT molecular complexity index is 1090. The van der Waals surface area contributed by atoms with E-state index in [1.165, 1.54) is 6.92 Å². The van der Waals surface area contributed by atoms with Crippen LogP contribution in [0.4, 0.5) is 5.69 Å². The second-order valence-corrected chi connectivity index (χ2v) is 5.86. The number of ketones is 1. The Kier molecular flexibility index (Phi) is 4.79. The smallest absolute Gasteiger partial charge is 0.326 e. The van der Waals surface area contributed by atoms with Crippen molar-refractivity contribution in [1.29, 1.82) is 0 Å². The van der Waals surface area contributed by atoms with Crippen LogP contribution in [0.3, 0.4) is 0 Å². The molecule has 0 bridgehead atoms. The van der Waals surface area contributed by atoms with Crippen molar-refractivity contribution in [2.45, 2.75) is 19.9 Å². The number of Topliss-reactive ketones (excluding diaryl/α,β-unsaturated/α-hetero) is 1. The van der Waals surface area contributed by atoms with Crippen LogP contribution < -0.4 is 16.6 Å². The van der Waals surface area contributed by atoms with E-state index in [9.17, 15) is 19.2 Å². The first-order chi connectivity index (χ1) is 12.5. The maximum atomic E-state index is 12.4. The van der Waals surface area contributed by atoms with Crippen molar-refractivity contribution < 1.29 is 9.59 Å². The molecular formula is C19H17N3O4. The van der Waals surface area contributed by atoms with E-state index in [1.54, 1.807) is 48.5 Å². The fourth-order valence-corrected chi connectivity index (χ4v) is 2.63. The van der Waals surface area contributed by atoms with E-state index in [2.05, 4.69) is 10.3 Å². The maximum Gasteiger partial charge on any atom is 0.328 e. The van der Waals surface area contributed by atoms with Crippen molar-refractivity contribution in [2.24, 2.45) is 0 Å². The number of aromatic nitrogens is 2. The molecule has 0 radical (unpaired) electrons. The lowest BCUT2D eigenvalue weighted by Gasteiger charge is -2.08. The summed E-state index contributed by atoms with van der Waals surface area (Å²) in [6, 6.07) is 13.2. The van der Waals surface area contributed by atoms with E-state index in [0.717, 1.165) is 4.57 Å². The number of nitrogens with one attached hydrogen (secondary N) is 2. The molecule has 2 aromatic carbocycles. The summed E-state index contributed by atoms with van der Waals surface area (Å²) in [6.07, 6.45) is -0.0320. The van der Waals surface area contributed by atoms with Gasteiger partial charge in [0.15, 0.2) is 5.78 Å². The number of carbonyl (C=O) groups is 2. The molecule has 2 N–H and O–H groups in total. The molecule has 7 nitrogen and oxygen atoms in total. The minimum absolute atomic E-state index is 0.0314. The molecule has 26 heavy (non-hydrogen) atoms. The average Bonchev–Trinajstić information content (AvgIpc) is 2.62. The van der Waals surface area contributed by atoms with Crippen LogP contribution in [0.25, 0.3) is 10.9 Å². The van der Waals surface area contributed by atoms with Crippen LogP contribution in [-0.4, -0.2) is 21.2 Å². The number of nitrogens with zero attached hydrogens (tertiary/aromatic N) is 1. The number of rotatable bonds is 5. The highest BCUT2D eigenvalue weighted by molar-refractivity contribution is 5.95. The standard InChI is InChI=1S/C19H17N3O4/c1-12(23)13-6-8-14(9-7-13)20-17(24)10-11-22-18(25)15-4-2-3-5-16(15)21-19(22)26/h2-9H,10-11H2,1H3,(H,20,24)(H,21,26). The Labute approximate surface area is 148 Å². The Morgan fingerprint density at radius 1 is 1.04 bits per heavy atom. The number of benzene rings is 2. The van der Waals surface area contributed by atoms with E-state index < -0.39 is 11.2 Å². The van der Waals surface area contributed by atoms with Crippen LogP contribution in [0, 0.1) is 0 Å². The minimum atomic E-state index is -0.549. The summed E-state index contributed by atoms with van der Waals surface area (Å²) in [7, 11) is 0. The van der Waals surface area contributed by atoms with Gasteiger partial charge < -0.3 is 10.3 Å². The van der Waals surface area contributed by atoms with E-state index in [4.69, 9.17) is 0 Å². The Morgan fingerprint density at radius 3 is 2.42 bits per heavy atom. The number of fused-ring (bicyclic) bond motifs is 1. The summed E-state index contributed by atoms with van der Waals surface area (Å²) >= 11 is 0. The number of amides is 1. The van der Waals surface area contributed by atoms with Crippen molar-refractivity contribution in [3.63, 3.8) is 0 Å². The normalized spacial score (nSPS) is 10.7.